The third kappa shape index (κ3) is 3.20. The van der Waals surface area contributed by atoms with Crippen LogP contribution in [-0.4, -0.2) is 19.7 Å². The summed E-state index contributed by atoms with van der Waals surface area (Å²) in [4.78, 5) is 8.26. The molecule has 3 aromatic rings. The Bertz CT molecular complexity index is 709. The molecule has 6 heteroatoms. The summed E-state index contributed by atoms with van der Waals surface area (Å²) in [6, 6.07) is 11.8. The molecule has 0 radical (unpaired) electrons. The molecule has 1 atom stereocenters. The van der Waals surface area contributed by atoms with Gasteiger partial charge in [-0.25, -0.2) is 14.6 Å². The summed E-state index contributed by atoms with van der Waals surface area (Å²) < 4.78 is 1.62. The Morgan fingerprint density at radius 1 is 1.24 bits per heavy atom. The monoisotopic (exact) mass is 299 g/mol. The molecule has 2 heterocycles. The first-order valence-electron chi connectivity index (χ1n) is 6.55. The third-order valence-corrected chi connectivity index (χ3v) is 3.37. The van der Waals surface area contributed by atoms with Crippen LogP contribution in [0.4, 0.5) is 5.69 Å². The van der Waals surface area contributed by atoms with Crippen molar-refractivity contribution in [3.05, 3.63) is 65.8 Å². The molecule has 1 aromatic carbocycles. The number of benzene rings is 1. The molecule has 0 saturated carbocycles. The van der Waals surface area contributed by atoms with Gasteiger partial charge < -0.3 is 5.32 Å². The first-order chi connectivity index (χ1) is 10.2. The fourth-order valence-electron chi connectivity index (χ4n) is 2.04. The molecule has 0 spiro atoms. The molecular formula is C15H14ClN5. The Kier molecular flexibility index (Phi) is 3.83. The molecule has 106 valence electrons. The predicted octanol–water partition coefficient (Wildman–Crippen LogP) is 3.49. The van der Waals surface area contributed by atoms with Crippen molar-refractivity contribution in [2.75, 3.05) is 5.32 Å². The van der Waals surface area contributed by atoms with Gasteiger partial charge in [0.05, 0.1) is 11.9 Å². The fourth-order valence-corrected chi connectivity index (χ4v) is 2.24. The van der Waals surface area contributed by atoms with E-state index in [1.54, 1.807) is 17.2 Å². The molecule has 0 amide bonds. The molecule has 0 fully saturated rings. The van der Waals surface area contributed by atoms with Gasteiger partial charge in [-0.05, 0) is 36.8 Å². The van der Waals surface area contributed by atoms with Crippen molar-refractivity contribution in [3.8, 4) is 5.82 Å². The van der Waals surface area contributed by atoms with E-state index in [-0.39, 0.29) is 6.04 Å². The van der Waals surface area contributed by atoms with Crippen LogP contribution < -0.4 is 5.32 Å². The summed E-state index contributed by atoms with van der Waals surface area (Å²) in [6.45, 7) is 2.08. The summed E-state index contributed by atoms with van der Waals surface area (Å²) in [5, 5.41) is 8.17. The van der Waals surface area contributed by atoms with Crippen LogP contribution in [0.5, 0.6) is 0 Å². The minimum atomic E-state index is 0.141. The van der Waals surface area contributed by atoms with E-state index in [2.05, 4.69) is 27.3 Å². The molecule has 1 N–H and O–H groups in total. The SMILES string of the molecule is CC(Nc1ccc(-n2cncn2)nc1)c1cccc(Cl)c1. The summed E-state index contributed by atoms with van der Waals surface area (Å²) in [7, 11) is 0. The van der Waals surface area contributed by atoms with Crippen LogP contribution in [0.2, 0.25) is 5.02 Å². The Morgan fingerprint density at radius 2 is 2.14 bits per heavy atom. The van der Waals surface area contributed by atoms with Gasteiger partial charge in [0.15, 0.2) is 5.82 Å². The lowest BCUT2D eigenvalue weighted by atomic mass is 10.1. The molecule has 0 bridgehead atoms. The Labute approximate surface area is 127 Å². The van der Waals surface area contributed by atoms with Crippen LogP contribution in [0.25, 0.3) is 5.82 Å². The van der Waals surface area contributed by atoms with Crippen LogP contribution in [-0.2, 0) is 0 Å². The molecule has 0 aliphatic heterocycles. The first kappa shape index (κ1) is 13.6. The minimum absolute atomic E-state index is 0.141. The maximum absolute atomic E-state index is 6.01. The maximum atomic E-state index is 6.01. The first-order valence-corrected chi connectivity index (χ1v) is 6.93. The lowest BCUT2D eigenvalue weighted by Crippen LogP contribution is -2.07. The van der Waals surface area contributed by atoms with E-state index in [9.17, 15) is 0 Å². The Morgan fingerprint density at radius 3 is 2.81 bits per heavy atom. The van der Waals surface area contributed by atoms with Crippen LogP contribution in [0.15, 0.2) is 55.2 Å². The Balaban J connectivity index is 1.73. The van der Waals surface area contributed by atoms with E-state index >= 15 is 0 Å². The molecule has 21 heavy (non-hydrogen) atoms. The standard InChI is InChI=1S/C15H14ClN5/c1-11(12-3-2-4-13(16)7-12)20-14-5-6-15(18-8-14)21-10-17-9-19-21/h2-11,20H,1H3. The number of nitrogens with zero attached hydrogens (tertiary/aromatic N) is 4. The van der Waals surface area contributed by atoms with E-state index in [1.165, 1.54) is 6.33 Å². The molecule has 0 aliphatic carbocycles. The van der Waals surface area contributed by atoms with E-state index in [1.807, 2.05) is 36.4 Å². The van der Waals surface area contributed by atoms with Crippen molar-refractivity contribution in [1.82, 2.24) is 19.7 Å². The molecule has 0 saturated heterocycles. The predicted molar refractivity (Wildman–Crippen MR) is 82.6 cm³/mol. The van der Waals surface area contributed by atoms with Crippen LogP contribution >= 0.6 is 11.6 Å². The van der Waals surface area contributed by atoms with Gasteiger partial charge in [-0.1, -0.05) is 23.7 Å². The number of pyridine rings is 1. The largest absolute Gasteiger partial charge is 0.377 e. The highest BCUT2D eigenvalue weighted by Gasteiger charge is 2.06. The van der Waals surface area contributed by atoms with Gasteiger partial charge in [-0.15, -0.1) is 0 Å². The topological polar surface area (TPSA) is 55.6 Å². The van der Waals surface area contributed by atoms with Gasteiger partial charge in [-0.3, -0.25) is 0 Å². The summed E-state index contributed by atoms with van der Waals surface area (Å²) in [5.41, 5.74) is 2.06. The third-order valence-electron chi connectivity index (χ3n) is 3.13. The highest BCUT2D eigenvalue weighted by Crippen LogP contribution is 2.21. The zero-order chi connectivity index (χ0) is 14.7. The van der Waals surface area contributed by atoms with E-state index in [0.717, 1.165) is 22.1 Å². The van der Waals surface area contributed by atoms with Crippen LogP contribution in [0.1, 0.15) is 18.5 Å². The average Bonchev–Trinajstić information content (AvgIpc) is 3.02. The lowest BCUT2D eigenvalue weighted by Gasteiger charge is -2.16. The van der Waals surface area contributed by atoms with Crippen molar-refractivity contribution >= 4 is 17.3 Å². The minimum Gasteiger partial charge on any atom is -0.377 e. The maximum Gasteiger partial charge on any atom is 0.155 e. The number of rotatable bonds is 4. The normalized spacial score (nSPS) is 12.1. The highest BCUT2D eigenvalue weighted by molar-refractivity contribution is 6.30. The zero-order valence-electron chi connectivity index (χ0n) is 11.4. The molecule has 3 rings (SSSR count). The zero-order valence-corrected chi connectivity index (χ0v) is 12.2. The lowest BCUT2D eigenvalue weighted by molar-refractivity contribution is 0.841. The highest BCUT2D eigenvalue weighted by atomic mass is 35.5. The van der Waals surface area contributed by atoms with Crippen molar-refractivity contribution in [1.29, 1.82) is 0 Å². The molecule has 0 aliphatic rings. The van der Waals surface area contributed by atoms with Gasteiger partial charge in [0.2, 0.25) is 0 Å². The fraction of sp³-hybridized carbons (Fsp3) is 0.133. The van der Waals surface area contributed by atoms with Crippen LogP contribution in [0, 0.1) is 0 Å². The average molecular weight is 300 g/mol. The summed E-state index contributed by atoms with van der Waals surface area (Å²) in [6.07, 6.45) is 4.87. The number of hydrogen-bond donors (Lipinski definition) is 1. The second kappa shape index (κ2) is 5.93. The molecule has 1 unspecified atom stereocenters. The van der Waals surface area contributed by atoms with Crippen molar-refractivity contribution < 1.29 is 0 Å². The number of hydrogen-bond acceptors (Lipinski definition) is 4. The summed E-state index contributed by atoms with van der Waals surface area (Å²) in [5.74, 6) is 0.730. The van der Waals surface area contributed by atoms with Crippen molar-refractivity contribution in [3.63, 3.8) is 0 Å². The number of halogens is 1. The van der Waals surface area contributed by atoms with Crippen molar-refractivity contribution in [2.45, 2.75) is 13.0 Å². The van der Waals surface area contributed by atoms with Crippen LogP contribution in [0.3, 0.4) is 0 Å². The quantitative estimate of drug-likeness (QED) is 0.801. The van der Waals surface area contributed by atoms with Gasteiger partial charge in [0.1, 0.15) is 12.7 Å². The molecular weight excluding hydrogens is 286 g/mol. The number of anilines is 1. The van der Waals surface area contributed by atoms with E-state index in [4.69, 9.17) is 11.6 Å². The van der Waals surface area contributed by atoms with Crippen molar-refractivity contribution in [2.24, 2.45) is 0 Å². The van der Waals surface area contributed by atoms with Gasteiger partial charge in [0.25, 0.3) is 0 Å². The Hall–Kier alpha value is -2.40. The van der Waals surface area contributed by atoms with Gasteiger partial charge in [0, 0.05) is 11.1 Å². The summed E-state index contributed by atoms with van der Waals surface area (Å²) >= 11 is 6.01. The second-order valence-corrected chi connectivity index (χ2v) is 5.10. The van der Waals surface area contributed by atoms with Gasteiger partial charge in [-0.2, -0.15) is 5.10 Å². The van der Waals surface area contributed by atoms with Gasteiger partial charge >= 0.3 is 0 Å². The van der Waals surface area contributed by atoms with E-state index < -0.39 is 0 Å². The number of aromatic nitrogens is 4. The second-order valence-electron chi connectivity index (χ2n) is 4.67. The molecule has 5 nitrogen and oxygen atoms in total. The smallest absolute Gasteiger partial charge is 0.155 e. The number of nitrogens with one attached hydrogen (secondary N) is 1. The van der Waals surface area contributed by atoms with E-state index in [0.29, 0.717) is 0 Å². The molecule has 2 aromatic heterocycles.